The Kier molecular flexibility index (Phi) is 2.97. The van der Waals surface area contributed by atoms with Crippen LogP contribution >= 0.6 is 0 Å². The van der Waals surface area contributed by atoms with Crippen molar-refractivity contribution in [2.75, 3.05) is 0 Å². The third-order valence-corrected chi connectivity index (χ3v) is 2.70. The van der Waals surface area contributed by atoms with Gasteiger partial charge in [0.1, 0.15) is 5.82 Å². The van der Waals surface area contributed by atoms with E-state index >= 15 is 0 Å². The predicted octanol–water partition coefficient (Wildman–Crippen LogP) is 3.24. The molecule has 86 valence electrons. The van der Waals surface area contributed by atoms with Crippen LogP contribution in [0.25, 0.3) is 10.9 Å². The molecule has 2 rings (SSSR count). The van der Waals surface area contributed by atoms with Gasteiger partial charge in [-0.2, -0.15) is 0 Å². The molecular formula is C13H16FNO. The van der Waals surface area contributed by atoms with Crippen molar-refractivity contribution >= 4 is 10.9 Å². The average Bonchev–Trinajstić information content (AvgIpc) is 2.55. The van der Waals surface area contributed by atoms with Crippen LogP contribution in [0.15, 0.2) is 24.3 Å². The van der Waals surface area contributed by atoms with Crippen LogP contribution in [0, 0.1) is 5.82 Å². The molecule has 0 aliphatic heterocycles. The second-order valence-corrected chi connectivity index (χ2v) is 4.23. The maximum absolute atomic E-state index is 13.5. The number of aryl methyl sites for hydroxylation is 1. The van der Waals surface area contributed by atoms with Crippen molar-refractivity contribution in [3.63, 3.8) is 0 Å². The lowest BCUT2D eigenvalue weighted by Gasteiger charge is -2.08. The minimum Gasteiger partial charge on any atom is -0.373 e. The Morgan fingerprint density at radius 2 is 2.12 bits per heavy atom. The summed E-state index contributed by atoms with van der Waals surface area (Å²) in [5.74, 6) is -0.177. The molecule has 16 heavy (non-hydrogen) atoms. The molecule has 0 saturated heterocycles. The van der Waals surface area contributed by atoms with E-state index in [0.29, 0.717) is 12.0 Å². The second-order valence-electron chi connectivity index (χ2n) is 4.23. The first-order chi connectivity index (χ1) is 7.59. The first-order valence-corrected chi connectivity index (χ1v) is 5.44. The third-order valence-electron chi connectivity index (χ3n) is 2.70. The normalized spacial score (nSPS) is 11.6. The van der Waals surface area contributed by atoms with Gasteiger partial charge < -0.3 is 9.30 Å². The molecule has 3 heteroatoms. The van der Waals surface area contributed by atoms with Gasteiger partial charge in [0.2, 0.25) is 0 Å². The van der Waals surface area contributed by atoms with Crippen LogP contribution < -0.4 is 0 Å². The molecule has 1 aromatic heterocycles. The standard InChI is InChI=1S/C13H16FNO/c1-9(2)16-8-10-7-11-12(14)5-4-6-13(11)15(10)3/h4-7,9H,8H2,1-3H3. The third kappa shape index (κ3) is 1.95. The number of halogens is 1. The summed E-state index contributed by atoms with van der Waals surface area (Å²) in [4.78, 5) is 0. The Labute approximate surface area is 94.6 Å². The fraction of sp³-hybridized carbons (Fsp3) is 0.385. The molecule has 0 bridgehead atoms. The van der Waals surface area contributed by atoms with Gasteiger partial charge in [0, 0.05) is 18.1 Å². The fourth-order valence-electron chi connectivity index (χ4n) is 1.77. The monoisotopic (exact) mass is 221 g/mol. The van der Waals surface area contributed by atoms with Crippen molar-refractivity contribution in [2.45, 2.75) is 26.6 Å². The van der Waals surface area contributed by atoms with Gasteiger partial charge >= 0.3 is 0 Å². The summed E-state index contributed by atoms with van der Waals surface area (Å²) in [6.07, 6.45) is 0.183. The maximum atomic E-state index is 13.5. The summed E-state index contributed by atoms with van der Waals surface area (Å²) in [6.45, 7) is 4.49. The van der Waals surface area contributed by atoms with Crippen LogP contribution in [0.2, 0.25) is 0 Å². The van der Waals surface area contributed by atoms with Gasteiger partial charge in [-0.25, -0.2) is 4.39 Å². The van der Waals surface area contributed by atoms with Crippen LogP contribution in [0.5, 0.6) is 0 Å². The topological polar surface area (TPSA) is 14.2 Å². The van der Waals surface area contributed by atoms with E-state index in [4.69, 9.17) is 4.74 Å². The van der Waals surface area contributed by atoms with Crippen LogP contribution in [0.1, 0.15) is 19.5 Å². The number of rotatable bonds is 3. The zero-order valence-electron chi connectivity index (χ0n) is 9.83. The highest BCUT2D eigenvalue weighted by molar-refractivity contribution is 5.81. The van der Waals surface area contributed by atoms with Gasteiger partial charge in [-0.1, -0.05) is 6.07 Å². The molecule has 0 saturated carbocycles. The van der Waals surface area contributed by atoms with E-state index < -0.39 is 0 Å². The molecular weight excluding hydrogens is 205 g/mol. The second kappa shape index (κ2) is 4.26. The van der Waals surface area contributed by atoms with Crippen LogP contribution in [-0.4, -0.2) is 10.7 Å². The Morgan fingerprint density at radius 3 is 2.75 bits per heavy atom. The number of nitrogens with zero attached hydrogens (tertiary/aromatic N) is 1. The molecule has 0 radical (unpaired) electrons. The number of benzene rings is 1. The molecule has 0 unspecified atom stereocenters. The summed E-state index contributed by atoms with van der Waals surface area (Å²) in [6, 6.07) is 6.98. The minimum atomic E-state index is -0.177. The van der Waals surface area contributed by atoms with E-state index in [1.165, 1.54) is 6.07 Å². The van der Waals surface area contributed by atoms with Crippen molar-refractivity contribution < 1.29 is 9.13 Å². The lowest BCUT2D eigenvalue weighted by molar-refractivity contribution is 0.0624. The maximum Gasteiger partial charge on any atom is 0.132 e. The number of fused-ring (bicyclic) bond motifs is 1. The molecule has 1 heterocycles. The zero-order chi connectivity index (χ0) is 11.7. The average molecular weight is 221 g/mol. The molecule has 0 atom stereocenters. The van der Waals surface area contributed by atoms with Crippen molar-refractivity contribution in [2.24, 2.45) is 7.05 Å². The predicted molar refractivity (Wildman–Crippen MR) is 62.8 cm³/mol. The molecule has 0 amide bonds. The molecule has 1 aromatic carbocycles. The Bertz CT molecular complexity index is 502. The summed E-state index contributed by atoms with van der Waals surface area (Å²) in [7, 11) is 1.93. The lowest BCUT2D eigenvalue weighted by atomic mass is 10.2. The van der Waals surface area contributed by atoms with E-state index in [9.17, 15) is 4.39 Å². The zero-order valence-corrected chi connectivity index (χ0v) is 9.83. The molecule has 0 spiro atoms. The number of ether oxygens (including phenoxy) is 1. The molecule has 0 N–H and O–H groups in total. The highest BCUT2D eigenvalue weighted by Gasteiger charge is 2.09. The minimum absolute atomic E-state index is 0.177. The van der Waals surface area contributed by atoms with E-state index in [1.54, 1.807) is 6.07 Å². The van der Waals surface area contributed by atoms with Gasteiger partial charge in [0.15, 0.2) is 0 Å². The van der Waals surface area contributed by atoms with E-state index in [-0.39, 0.29) is 11.9 Å². The highest BCUT2D eigenvalue weighted by Crippen LogP contribution is 2.22. The van der Waals surface area contributed by atoms with Gasteiger partial charge in [0.25, 0.3) is 0 Å². The Balaban J connectivity index is 2.40. The van der Waals surface area contributed by atoms with Gasteiger partial charge in [-0.3, -0.25) is 0 Å². The molecule has 0 fully saturated rings. The first-order valence-electron chi connectivity index (χ1n) is 5.44. The van der Waals surface area contributed by atoms with Gasteiger partial charge in [-0.15, -0.1) is 0 Å². The van der Waals surface area contributed by atoms with Crippen LogP contribution in [0.4, 0.5) is 4.39 Å². The van der Waals surface area contributed by atoms with E-state index in [1.807, 2.05) is 37.6 Å². The lowest BCUT2D eigenvalue weighted by Crippen LogP contribution is -2.05. The summed E-state index contributed by atoms with van der Waals surface area (Å²) >= 11 is 0. The molecule has 0 aliphatic carbocycles. The van der Waals surface area contributed by atoms with Gasteiger partial charge in [0.05, 0.1) is 18.2 Å². The van der Waals surface area contributed by atoms with Crippen LogP contribution in [0.3, 0.4) is 0 Å². The van der Waals surface area contributed by atoms with Crippen molar-refractivity contribution in [1.82, 2.24) is 4.57 Å². The molecule has 0 aliphatic rings. The quantitative estimate of drug-likeness (QED) is 0.776. The van der Waals surface area contributed by atoms with Crippen molar-refractivity contribution in [1.29, 1.82) is 0 Å². The largest absolute Gasteiger partial charge is 0.373 e. The van der Waals surface area contributed by atoms with Crippen molar-refractivity contribution in [3.05, 3.63) is 35.8 Å². The van der Waals surface area contributed by atoms with E-state index in [0.717, 1.165) is 11.2 Å². The summed E-state index contributed by atoms with van der Waals surface area (Å²) in [5, 5.41) is 0.660. The summed E-state index contributed by atoms with van der Waals surface area (Å²) in [5.41, 5.74) is 1.90. The van der Waals surface area contributed by atoms with Crippen molar-refractivity contribution in [3.8, 4) is 0 Å². The molecule has 2 nitrogen and oxygen atoms in total. The number of aromatic nitrogens is 1. The number of hydrogen-bond donors (Lipinski definition) is 0. The first kappa shape index (κ1) is 11.1. The van der Waals surface area contributed by atoms with Crippen LogP contribution in [-0.2, 0) is 18.4 Å². The van der Waals surface area contributed by atoms with E-state index in [2.05, 4.69) is 0 Å². The SMILES string of the molecule is CC(C)OCc1cc2c(F)cccc2n1C. The summed E-state index contributed by atoms with van der Waals surface area (Å²) < 4.78 is 21.0. The Hall–Kier alpha value is -1.35. The molecule has 2 aromatic rings. The smallest absolute Gasteiger partial charge is 0.132 e. The Morgan fingerprint density at radius 1 is 1.38 bits per heavy atom. The van der Waals surface area contributed by atoms with Gasteiger partial charge in [-0.05, 0) is 32.0 Å². The number of hydrogen-bond acceptors (Lipinski definition) is 1. The fourth-order valence-corrected chi connectivity index (χ4v) is 1.77. The highest BCUT2D eigenvalue weighted by atomic mass is 19.1.